The summed E-state index contributed by atoms with van der Waals surface area (Å²) in [6.45, 7) is 1.04. The number of ether oxygens (including phenoxy) is 1. The summed E-state index contributed by atoms with van der Waals surface area (Å²) in [6.07, 6.45) is 1.52. The highest BCUT2D eigenvalue weighted by Crippen LogP contribution is 2.23. The van der Waals surface area contributed by atoms with Crippen LogP contribution in [-0.4, -0.2) is 33.1 Å². The average molecular weight is 304 g/mol. The van der Waals surface area contributed by atoms with Gasteiger partial charge in [-0.2, -0.15) is 0 Å². The lowest BCUT2D eigenvalue weighted by Gasteiger charge is -2.13. The van der Waals surface area contributed by atoms with Crippen LogP contribution in [0, 0.1) is 0 Å². The van der Waals surface area contributed by atoms with Gasteiger partial charge in [-0.15, -0.1) is 0 Å². The molecule has 0 aromatic heterocycles. The van der Waals surface area contributed by atoms with Gasteiger partial charge in [0.05, 0.1) is 18.1 Å². The molecule has 1 heterocycles. The van der Waals surface area contributed by atoms with Gasteiger partial charge in [0.25, 0.3) is 0 Å². The van der Waals surface area contributed by atoms with Crippen molar-refractivity contribution in [2.75, 3.05) is 19.4 Å². The zero-order valence-electron chi connectivity index (χ0n) is 10.9. The maximum atomic E-state index is 11.7. The maximum absolute atomic E-state index is 11.7. The van der Waals surface area contributed by atoms with E-state index in [2.05, 4.69) is 5.32 Å². The van der Waals surface area contributed by atoms with Crippen LogP contribution in [0.25, 0.3) is 0 Å². The molecule has 1 saturated heterocycles. The molecule has 1 aliphatic rings. The molecule has 0 spiro atoms. The molecule has 0 bridgehead atoms. The van der Waals surface area contributed by atoms with E-state index in [0.717, 1.165) is 24.2 Å². The van der Waals surface area contributed by atoms with E-state index in [1.807, 2.05) is 12.1 Å². The lowest BCUT2D eigenvalue weighted by molar-refractivity contribution is 0.407. The molecule has 1 atom stereocenters. The topological polar surface area (TPSA) is 55.4 Å². The highest BCUT2D eigenvalue weighted by Gasteiger charge is 2.30. The second-order valence-corrected chi connectivity index (χ2v) is 7.56. The van der Waals surface area contributed by atoms with Crippen molar-refractivity contribution in [3.63, 3.8) is 0 Å². The summed E-state index contributed by atoms with van der Waals surface area (Å²) in [5.74, 6) is 1.08. The van der Waals surface area contributed by atoms with Crippen LogP contribution >= 0.6 is 11.6 Å². The van der Waals surface area contributed by atoms with Gasteiger partial charge in [-0.25, -0.2) is 8.42 Å². The van der Waals surface area contributed by atoms with Gasteiger partial charge in [-0.05, 0) is 31.0 Å². The fourth-order valence-corrected chi connectivity index (χ4v) is 4.34. The molecule has 2 rings (SSSR count). The van der Waals surface area contributed by atoms with Crippen molar-refractivity contribution in [3.8, 4) is 5.75 Å². The average Bonchev–Trinajstić information content (AvgIpc) is 2.69. The summed E-state index contributed by atoms with van der Waals surface area (Å²) in [5, 5.41) is 3.58. The summed E-state index contributed by atoms with van der Waals surface area (Å²) < 4.78 is 28.6. The Morgan fingerprint density at radius 2 is 2.26 bits per heavy atom. The first-order valence-corrected chi connectivity index (χ1v) is 8.37. The molecular formula is C13H18ClNO3S. The van der Waals surface area contributed by atoms with Crippen molar-refractivity contribution in [3.05, 3.63) is 28.8 Å². The summed E-state index contributed by atoms with van der Waals surface area (Å²) in [4.78, 5) is 0. The Balaban J connectivity index is 1.94. The smallest absolute Gasteiger partial charge is 0.154 e. The molecule has 1 N–H and O–H groups in total. The second kappa shape index (κ2) is 6.11. The molecule has 1 aromatic carbocycles. The molecule has 1 aromatic rings. The molecule has 1 unspecified atom stereocenters. The number of methoxy groups -OCH3 is 1. The molecule has 0 saturated carbocycles. The number of hydrogen-bond donors (Lipinski definition) is 1. The molecule has 1 fully saturated rings. The molecule has 0 radical (unpaired) electrons. The minimum absolute atomic E-state index is 0.252. The van der Waals surface area contributed by atoms with Crippen LogP contribution in [0.15, 0.2) is 18.2 Å². The van der Waals surface area contributed by atoms with Gasteiger partial charge in [-0.3, -0.25) is 0 Å². The molecule has 6 heteroatoms. The third kappa shape index (κ3) is 3.61. The Morgan fingerprint density at radius 1 is 1.47 bits per heavy atom. The summed E-state index contributed by atoms with van der Waals surface area (Å²) in [6, 6.07) is 5.41. The molecule has 1 aliphatic heterocycles. The van der Waals surface area contributed by atoms with Gasteiger partial charge in [0.15, 0.2) is 9.84 Å². The lowest BCUT2D eigenvalue weighted by Crippen LogP contribution is -2.30. The maximum Gasteiger partial charge on any atom is 0.154 e. The van der Waals surface area contributed by atoms with E-state index in [0.29, 0.717) is 23.9 Å². The third-order valence-electron chi connectivity index (χ3n) is 3.39. The lowest BCUT2D eigenvalue weighted by atomic mass is 10.2. The van der Waals surface area contributed by atoms with E-state index >= 15 is 0 Å². The highest BCUT2D eigenvalue weighted by molar-refractivity contribution is 7.92. The van der Waals surface area contributed by atoms with Crippen LogP contribution in [0.5, 0.6) is 5.75 Å². The number of sulfone groups is 1. The fourth-order valence-electron chi connectivity index (χ4n) is 2.34. The first-order valence-electron chi connectivity index (χ1n) is 6.27. The van der Waals surface area contributed by atoms with E-state index in [1.54, 1.807) is 13.2 Å². The normalized spacial score (nSPS) is 21.5. The number of nitrogens with one attached hydrogen (secondary N) is 1. The zero-order valence-corrected chi connectivity index (χ0v) is 12.4. The van der Waals surface area contributed by atoms with Crippen molar-refractivity contribution in [2.24, 2.45) is 0 Å². The van der Waals surface area contributed by atoms with Crippen molar-refractivity contribution in [1.82, 2.24) is 5.32 Å². The van der Waals surface area contributed by atoms with Gasteiger partial charge in [-0.1, -0.05) is 11.6 Å². The monoisotopic (exact) mass is 303 g/mol. The summed E-state index contributed by atoms with van der Waals surface area (Å²) >= 11 is 5.95. The predicted octanol–water partition coefficient (Wildman–Crippen LogP) is 2.02. The van der Waals surface area contributed by atoms with E-state index in [-0.39, 0.29) is 5.25 Å². The Morgan fingerprint density at radius 3 is 2.89 bits per heavy atom. The number of halogens is 1. The quantitative estimate of drug-likeness (QED) is 0.904. The van der Waals surface area contributed by atoms with Crippen LogP contribution in [0.2, 0.25) is 5.02 Å². The van der Waals surface area contributed by atoms with E-state index < -0.39 is 9.84 Å². The predicted molar refractivity (Wildman–Crippen MR) is 76.5 cm³/mol. The highest BCUT2D eigenvalue weighted by atomic mass is 35.5. The Labute approximate surface area is 119 Å². The SMILES string of the molecule is COc1ccc(Cl)cc1CNCC1CCCS1(=O)=O. The van der Waals surface area contributed by atoms with Gasteiger partial charge in [0.1, 0.15) is 5.75 Å². The Kier molecular flexibility index (Phi) is 4.71. The van der Waals surface area contributed by atoms with Crippen molar-refractivity contribution in [2.45, 2.75) is 24.6 Å². The van der Waals surface area contributed by atoms with Gasteiger partial charge in [0, 0.05) is 23.7 Å². The van der Waals surface area contributed by atoms with Gasteiger partial charge >= 0.3 is 0 Å². The van der Waals surface area contributed by atoms with Gasteiger partial charge < -0.3 is 10.1 Å². The Bertz CT molecular complexity index is 545. The summed E-state index contributed by atoms with van der Waals surface area (Å²) in [5.41, 5.74) is 0.936. The minimum Gasteiger partial charge on any atom is -0.496 e. The Hall–Kier alpha value is -0.780. The van der Waals surface area contributed by atoms with Crippen LogP contribution < -0.4 is 10.1 Å². The van der Waals surface area contributed by atoms with Crippen LogP contribution in [0.4, 0.5) is 0 Å². The van der Waals surface area contributed by atoms with Crippen molar-refractivity contribution in [1.29, 1.82) is 0 Å². The largest absolute Gasteiger partial charge is 0.496 e. The number of benzene rings is 1. The van der Waals surface area contributed by atoms with Crippen LogP contribution in [-0.2, 0) is 16.4 Å². The van der Waals surface area contributed by atoms with Gasteiger partial charge in [0.2, 0.25) is 0 Å². The first kappa shape index (κ1) is 14.6. The summed E-state index contributed by atoms with van der Waals surface area (Å²) in [7, 11) is -1.28. The number of hydrogen-bond acceptors (Lipinski definition) is 4. The van der Waals surface area contributed by atoms with Crippen LogP contribution in [0.1, 0.15) is 18.4 Å². The van der Waals surface area contributed by atoms with E-state index in [9.17, 15) is 8.42 Å². The van der Waals surface area contributed by atoms with E-state index in [4.69, 9.17) is 16.3 Å². The van der Waals surface area contributed by atoms with Crippen LogP contribution in [0.3, 0.4) is 0 Å². The molecule has 106 valence electrons. The van der Waals surface area contributed by atoms with E-state index in [1.165, 1.54) is 0 Å². The minimum atomic E-state index is -2.89. The fraction of sp³-hybridized carbons (Fsp3) is 0.538. The molecule has 4 nitrogen and oxygen atoms in total. The molecule has 19 heavy (non-hydrogen) atoms. The molecule has 0 aliphatic carbocycles. The third-order valence-corrected chi connectivity index (χ3v) is 5.90. The zero-order chi connectivity index (χ0) is 13.9. The van der Waals surface area contributed by atoms with Crippen molar-refractivity contribution < 1.29 is 13.2 Å². The standard InChI is InChI=1S/C13H18ClNO3S/c1-18-13-5-4-11(14)7-10(13)8-15-9-12-3-2-6-19(12,16)17/h4-5,7,12,15H,2-3,6,8-9H2,1H3. The second-order valence-electron chi connectivity index (χ2n) is 4.72. The number of rotatable bonds is 5. The molecule has 0 amide bonds. The molecular weight excluding hydrogens is 286 g/mol. The van der Waals surface area contributed by atoms with Crippen molar-refractivity contribution >= 4 is 21.4 Å². The first-order chi connectivity index (χ1) is 9.03.